The van der Waals surface area contributed by atoms with Gasteiger partial charge in [-0.05, 0) is 23.6 Å². The number of benzene rings is 2. The van der Waals surface area contributed by atoms with Gasteiger partial charge in [0.05, 0.1) is 0 Å². The minimum absolute atomic E-state index is 1.06. The molecule has 0 amide bonds. The lowest BCUT2D eigenvalue weighted by Crippen LogP contribution is -2.41. The van der Waals surface area contributed by atoms with Crippen LogP contribution in [0.15, 0.2) is 54.6 Å². The first-order valence-electron chi connectivity index (χ1n) is 9.10. The van der Waals surface area contributed by atoms with Crippen molar-refractivity contribution in [3.8, 4) is 5.69 Å². The Morgan fingerprint density at radius 3 is 1.96 bits per heavy atom. The molecule has 2 aromatic carbocycles. The maximum atomic E-state index is 9.75. The Bertz CT molecular complexity index is 861. The zero-order valence-corrected chi connectivity index (χ0v) is 15.5. The molecule has 1 aromatic heterocycles. The van der Waals surface area contributed by atoms with E-state index in [1.165, 1.54) is 16.6 Å². The summed E-state index contributed by atoms with van der Waals surface area (Å²) < 4.78 is 41.1. The molecule has 0 saturated carbocycles. The van der Waals surface area contributed by atoms with E-state index in [9.17, 15) is 17.3 Å². The van der Waals surface area contributed by atoms with E-state index in [-0.39, 0.29) is 0 Å². The number of hydrogen-bond donors (Lipinski definition) is 0. The molecule has 0 fully saturated rings. The van der Waals surface area contributed by atoms with Crippen LogP contribution in [0.25, 0.3) is 16.6 Å². The fraction of sp³-hybridized carbons (Fsp3) is 0.300. The van der Waals surface area contributed by atoms with Crippen LogP contribution in [0.1, 0.15) is 37.9 Å². The molecule has 1 heterocycles. The normalized spacial score (nSPS) is 11.2. The molecular formula is C20H23BF4N2. The number of hydrogen-bond acceptors (Lipinski definition) is 1. The van der Waals surface area contributed by atoms with E-state index in [0.29, 0.717) is 0 Å². The number of para-hydroxylation sites is 1. The van der Waals surface area contributed by atoms with Crippen LogP contribution in [-0.4, -0.2) is 12.4 Å². The smallest absolute Gasteiger partial charge is 0.418 e. The number of nitrogens with zero attached hydrogens (tertiary/aromatic N) is 2. The molecule has 0 bridgehead atoms. The van der Waals surface area contributed by atoms with Crippen LogP contribution in [0.4, 0.5) is 17.3 Å². The molecule has 0 aliphatic rings. The molecule has 0 atom stereocenters. The van der Waals surface area contributed by atoms with Gasteiger partial charge in [0.1, 0.15) is 5.52 Å². The average molecular weight is 378 g/mol. The van der Waals surface area contributed by atoms with E-state index < -0.39 is 7.25 Å². The minimum Gasteiger partial charge on any atom is -0.418 e. The van der Waals surface area contributed by atoms with Crippen molar-refractivity contribution in [1.29, 1.82) is 0 Å². The summed E-state index contributed by atoms with van der Waals surface area (Å²) in [7, 11) is -6.00. The SMILES string of the molecule is CCCc1c(CCC)[n+](-c2ccccc2)nc2ccccc12.F[B-](F)(F)F. The minimum atomic E-state index is -6.00. The lowest BCUT2D eigenvalue weighted by molar-refractivity contribution is -0.665. The Morgan fingerprint density at radius 2 is 1.37 bits per heavy atom. The Labute approximate surface area is 157 Å². The largest absolute Gasteiger partial charge is 0.673 e. The van der Waals surface area contributed by atoms with Gasteiger partial charge in [-0.25, -0.2) is 0 Å². The Morgan fingerprint density at radius 1 is 0.815 bits per heavy atom. The van der Waals surface area contributed by atoms with Crippen LogP contribution in [-0.2, 0) is 12.8 Å². The van der Waals surface area contributed by atoms with Crippen LogP contribution < -0.4 is 4.68 Å². The molecular weight excluding hydrogens is 355 g/mol. The summed E-state index contributed by atoms with van der Waals surface area (Å²) in [6.07, 6.45) is 4.44. The molecule has 0 unspecified atom stereocenters. The van der Waals surface area contributed by atoms with E-state index in [0.717, 1.165) is 36.9 Å². The van der Waals surface area contributed by atoms with Gasteiger partial charge in [-0.15, -0.1) is 0 Å². The second-order valence-electron chi connectivity index (χ2n) is 6.18. The van der Waals surface area contributed by atoms with Gasteiger partial charge in [0, 0.05) is 34.6 Å². The topological polar surface area (TPSA) is 16.8 Å². The van der Waals surface area contributed by atoms with Gasteiger partial charge in [-0.3, -0.25) is 0 Å². The first-order valence-corrected chi connectivity index (χ1v) is 9.10. The molecule has 3 aromatic rings. The van der Waals surface area contributed by atoms with Crippen LogP contribution in [0.5, 0.6) is 0 Å². The zero-order valence-electron chi connectivity index (χ0n) is 15.5. The number of rotatable bonds is 5. The quantitative estimate of drug-likeness (QED) is 0.315. The fourth-order valence-electron chi connectivity index (χ4n) is 3.07. The summed E-state index contributed by atoms with van der Waals surface area (Å²) in [5.74, 6) is 0. The second kappa shape index (κ2) is 9.49. The van der Waals surface area contributed by atoms with Gasteiger partial charge < -0.3 is 17.3 Å². The molecule has 7 heteroatoms. The predicted molar refractivity (Wildman–Crippen MR) is 101 cm³/mol. The van der Waals surface area contributed by atoms with Gasteiger partial charge in [0.2, 0.25) is 11.4 Å². The lowest BCUT2D eigenvalue weighted by Gasteiger charge is -2.10. The fourth-order valence-corrected chi connectivity index (χ4v) is 3.07. The van der Waals surface area contributed by atoms with E-state index >= 15 is 0 Å². The summed E-state index contributed by atoms with van der Waals surface area (Å²) in [6, 6.07) is 19.0. The van der Waals surface area contributed by atoms with Crippen molar-refractivity contribution < 1.29 is 21.9 Å². The third-order valence-corrected chi connectivity index (χ3v) is 4.03. The molecule has 3 rings (SSSR count). The van der Waals surface area contributed by atoms with Crippen molar-refractivity contribution in [1.82, 2.24) is 5.10 Å². The van der Waals surface area contributed by atoms with Gasteiger partial charge in [-0.1, -0.05) is 56.7 Å². The number of aromatic nitrogens is 2. The monoisotopic (exact) mass is 378 g/mol. The molecule has 2 nitrogen and oxygen atoms in total. The third-order valence-electron chi connectivity index (χ3n) is 4.03. The van der Waals surface area contributed by atoms with Crippen LogP contribution in [0.2, 0.25) is 0 Å². The summed E-state index contributed by atoms with van der Waals surface area (Å²) >= 11 is 0. The highest BCUT2D eigenvalue weighted by Crippen LogP contribution is 2.21. The summed E-state index contributed by atoms with van der Waals surface area (Å²) in [6.45, 7) is 4.48. The molecule has 0 saturated heterocycles. The van der Waals surface area contributed by atoms with Gasteiger partial charge >= 0.3 is 7.25 Å². The number of aryl methyl sites for hydroxylation is 1. The highest BCUT2D eigenvalue weighted by atomic mass is 19.5. The predicted octanol–water partition coefficient (Wildman–Crippen LogP) is 5.72. The van der Waals surface area contributed by atoms with Gasteiger partial charge in [-0.2, -0.15) is 0 Å². The van der Waals surface area contributed by atoms with E-state index in [1.54, 1.807) is 0 Å². The van der Waals surface area contributed by atoms with Crippen molar-refractivity contribution in [3.05, 3.63) is 65.9 Å². The Kier molecular flexibility index (Phi) is 7.33. The van der Waals surface area contributed by atoms with Crippen LogP contribution >= 0.6 is 0 Å². The van der Waals surface area contributed by atoms with Crippen molar-refractivity contribution in [3.63, 3.8) is 0 Å². The van der Waals surface area contributed by atoms with Gasteiger partial charge in [0.15, 0.2) is 0 Å². The van der Waals surface area contributed by atoms with Crippen molar-refractivity contribution >= 4 is 18.2 Å². The maximum absolute atomic E-state index is 9.75. The third kappa shape index (κ3) is 6.05. The molecule has 0 radical (unpaired) electrons. The standard InChI is InChI=1S/C20H23N2.BF4/c1-3-10-18-17-14-8-9-15-19(17)21-22(20(18)11-4-2)16-12-6-5-7-13-16;2-1(3,4)5/h5-9,12-15H,3-4,10-11H2,1-2H3;/q+1;-1. The van der Waals surface area contributed by atoms with Gasteiger partial charge in [0.25, 0.3) is 0 Å². The molecule has 144 valence electrons. The highest BCUT2D eigenvalue weighted by Gasteiger charge is 2.23. The number of fused-ring (bicyclic) bond motifs is 1. The summed E-state index contributed by atoms with van der Waals surface area (Å²) in [5, 5.41) is 6.23. The molecule has 27 heavy (non-hydrogen) atoms. The Hall–Kier alpha value is -2.44. The molecule has 0 N–H and O–H groups in total. The maximum Gasteiger partial charge on any atom is 0.673 e. The van der Waals surface area contributed by atoms with E-state index in [4.69, 9.17) is 5.10 Å². The molecule has 0 aliphatic heterocycles. The van der Waals surface area contributed by atoms with Crippen LogP contribution in [0, 0.1) is 0 Å². The number of halogens is 4. The first kappa shape index (κ1) is 20.9. The van der Waals surface area contributed by atoms with Crippen molar-refractivity contribution in [2.45, 2.75) is 39.5 Å². The zero-order chi connectivity index (χ0) is 19.9. The summed E-state index contributed by atoms with van der Waals surface area (Å²) in [4.78, 5) is 0. The van der Waals surface area contributed by atoms with Crippen LogP contribution in [0.3, 0.4) is 0 Å². The lowest BCUT2D eigenvalue weighted by atomic mass is 10.00. The highest BCUT2D eigenvalue weighted by molar-refractivity contribution is 6.50. The van der Waals surface area contributed by atoms with E-state index in [1.807, 2.05) is 0 Å². The van der Waals surface area contributed by atoms with Crippen molar-refractivity contribution in [2.75, 3.05) is 0 Å². The van der Waals surface area contributed by atoms with Crippen molar-refractivity contribution in [2.24, 2.45) is 0 Å². The first-order chi connectivity index (χ1) is 12.8. The average Bonchev–Trinajstić information content (AvgIpc) is 2.63. The summed E-state index contributed by atoms with van der Waals surface area (Å²) in [5.41, 5.74) is 5.04. The Balaban J connectivity index is 0.000000465. The second-order valence-corrected chi connectivity index (χ2v) is 6.18. The van der Waals surface area contributed by atoms with E-state index in [2.05, 4.69) is 73.1 Å². The molecule has 0 spiro atoms. The molecule has 0 aliphatic carbocycles.